The number of halogens is 1. The lowest BCUT2D eigenvalue weighted by Crippen LogP contribution is -2.28. The van der Waals surface area contributed by atoms with Gasteiger partial charge in [0.15, 0.2) is 5.78 Å². The summed E-state index contributed by atoms with van der Waals surface area (Å²) in [5, 5.41) is 9.44. The van der Waals surface area contributed by atoms with Gasteiger partial charge in [-0.25, -0.2) is 4.98 Å². The van der Waals surface area contributed by atoms with Crippen LogP contribution in [0.25, 0.3) is 0 Å². The molecule has 1 amide bonds. The Morgan fingerprint density at radius 3 is 2.58 bits per heavy atom. The first-order valence-corrected chi connectivity index (χ1v) is 7.69. The first-order chi connectivity index (χ1) is 11.2. The molecule has 0 fully saturated rings. The summed E-state index contributed by atoms with van der Waals surface area (Å²) in [6.07, 6.45) is 3.14. The maximum atomic E-state index is 12.4. The van der Waals surface area contributed by atoms with Gasteiger partial charge in [0.1, 0.15) is 16.7 Å². The molecule has 0 aliphatic rings. The Kier molecular flexibility index (Phi) is 6.50. The van der Waals surface area contributed by atoms with E-state index in [2.05, 4.69) is 4.98 Å². The van der Waals surface area contributed by atoms with Gasteiger partial charge in [0.2, 0.25) is 5.88 Å². The highest BCUT2D eigenvalue weighted by molar-refractivity contribution is 6.32. The number of Topliss-reactive ketones (excluding diaryl/α,β-unsaturated/α-hetero) is 1. The van der Waals surface area contributed by atoms with E-state index in [0.717, 1.165) is 0 Å². The average Bonchev–Trinajstić information content (AvgIpc) is 2.57. The summed E-state index contributed by atoms with van der Waals surface area (Å²) < 4.78 is 4.94. The third-order valence-corrected chi connectivity index (χ3v) is 4.03. The van der Waals surface area contributed by atoms with Crippen LogP contribution in [0.4, 0.5) is 0 Å². The molecular formula is C17H20ClN3O3. The van der Waals surface area contributed by atoms with Gasteiger partial charge in [0.25, 0.3) is 5.91 Å². The molecule has 1 rings (SSSR count). The maximum Gasteiger partial charge on any atom is 0.259 e. The lowest BCUT2D eigenvalue weighted by molar-refractivity contribution is -0.123. The van der Waals surface area contributed by atoms with E-state index < -0.39 is 11.3 Å². The molecule has 0 aliphatic heterocycles. The van der Waals surface area contributed by atoms with Crippen molar-refractivity contribution in [3.8, 4) is 11.9 Å². The van der Waals surface area contributed by atoms with Crippen molar-refractivity contribution >= 4 is 23.3 Å². The lowest BCUT2D eigenvalue weighted by Gasteiger charge is -2.21. The zero-order valence-corrected chi connectivity index (χ0v) is 15.1. The standard InChI is InChI=1S/C17H20ClN3O3/c1-6-17(2,3)14(22)12(8-19)10-21(4)16(23)11-7-13(18)15(24-5)20-9-11/h7,9-10H,6H2,1-5H3/b12-10-. The normalized spacial score (nSPS) is 11.6. The van der Waals surface area contributed by atoms with E-state index in [1.54, 1.807) is 13.8 Å². The third kappa shape index (κ3) is 4.33. The Labute approximate surface area is 146 Å². The number of rotatable bonds is 6. The van der Waals surface area contributed by atoms with Gasteiger partial charge in [0.05, 0.1) is 12.7 Å². The molecule has 0 unspecified atom stereocenters. The number of aromatic nitrogens is 1. The van der Waals surface area contributed by atoms with Crippen LogP contribution >= 0.6 is 11.6 Å². The van der Waals surface area contributed by atoms with E-state index in [0.29, 0.717) is 6.42 Å². The van der Waals surface area contributed by atoms with Crippen LogP contribution < -0.4 is 4.74 Å². The Morgan fingerprint density at radius 2 is 2.12 bits per heavy atom. The average molecular weight is 350 g/mol. The van der Waals surface area contributed by atoms with Gasteiger partial charge >= 0.3 is 0 Å². The zero-order valence-electron chi connectivity index (χ0n) is 14.4. The fourth-order valence-electron chi connectivity index (χ4n) is 1.81. The van der Waals surface area contributed by atoms with Crippen LogP contribution in [0.15, 0.2) is 24.0 Å². The second-order valence-electron chi connectivity index (χ2n) is 5.85. The summed E-state index contributed by atoms with van der Waals surface area (Å²) in [5.41, 5.74) is -0.527. The van der Waals surface area contributed by atoms with Crippen molar-refractivity contribution in [2.45, 2.75) is 27.2 Å². The molecule has 128 valence electrons. The van der Waals surface area contributed by atoms with Crippen molar-refractivity contribution in [3.63, 3.8) is 0 Å². The highest BCUT2D eigenvalue weighted by Gasteiger charge is 2.29. The molecule has 24 heavy (non-hydrogen) atoms. The van der Waals surface area contributed by atoms with Gasteiger partial charge in [-0.1, -0.05) is 32.4 Å². The van der Waals surface area contributed by atoms with Crippen LogP contribution in [0.5, 0.6) is 5.88 Å². The number of hydrogen-bond donors (Lipinski definition) is 0. The molecule has 0 spiro atoms. The third-order valence-electron chi connectivity index (χ3n) is 3.75. The number of ether oxygens (including phenoxy) is 1. The second-order valence-corrected chi connectivity index (χ2v) is 6.26. The Morgan fingerprint density at radius 1 is 1.50 bits per heavy atom. The molecule has 0 bridgehead atoms. The Hall–Kier alpha value is -2.39. The van der Waals surface area contributed by atoms with Gasteiger partial charge in [-0.15, -0.1) is 0 Å². The van der Waals surface area contributed by atoms with Crippen molar-refractivity contribution in [1.29, 1.82) is 5.26 Å². The predicted octanol–water partition coefficient (Wildman–Crippen LogP) is 3.23. The Balaban J connectivity index is 3.10. The number of hydrogen-bond acceptors (Lipinski definition) is 5. The number of carbonyl (C=O) groups excluding carboxylic acids is 2. The monoisotopic (exact) mass is 349 g/mol. The molecular weight excluding hydrogens is 330 g/mol. The molecule has 0 saturated heterocycles. The lowest BCUT2D eigenvalue weighted by atomic mass is 9.82. The first kappa shape index (κ1) is 19.7. The van der Waals surface area contributed by atoms with E-state index >= 15 is 0 Å². The molecule has 7 heteroatoms. The van der Waals surface area contributed by atoms with Gasteiger partial charge in [-0.3, -0.25) is 9.59 Å². The van der Waals surface area contributed by atoms with Gasteiger partial charge in [-0.2, -0.15) is 5.26 Å². The number of nitrogens with zero attached hydrogens (tertiary/aromatic N) is 3. The van der Waals surface area contributed by atoms with E-state index in [4.69, 9.17) is 16.3 Å². The largest absolute Gasteiger partial charge is 0.480 e. The topological polar surface area (TPSA) is 83.3 Å². The molecule has 0 atom stereocenters. The summed E-state index contributed by atoms with van der Waals surface area (Å²) in [6, 6.07) is 3.29. The molecule has 0 radical (unpaired) electrons. The van der Waals surface area contributed by atoms with Crippen LogP contribution in [-0.4, -0.2) is 35.7 Å². The van der Waals surface area contributed by atoms with E-state index in [1.807, 2.05) is 13.0 Å². The number of carbonyl (C=O) groups is 2. The molecule has 1 aromatic heterocycles. The van der Waals surface area contributed by atoms with Crippen LogP contribution in [-0.2, 0) is 4.79 Å². The zero-order chi connectivity index (χ0) is 18.5. The number of nitriles is 1. The second kappa shape index (κ2) is 7.93. The minimum absolute atomic E-state index is 0.0785. The number of allylic oxidation sites excluding steroid dienone is 1. The number of ketones is 1. The SMILES string of the molecule is CCC(C)(C)C(=O)/C(C#N)=C\N(C)C(=O)c1cnc(OC)c(Cl)c1. The summed E-state index contributed by atoms with van der Waals surface area (Å²) in [6.45, 7) is 5.39. The van der Waals surface area contributed by atoms with Crippen molar-refractivity contribution in [3.05, 3.63) is 34.6 Å². The van der Waals surface area contributed by atoms with Gasteiger partial charge < -0.3 is 9.64 Å². The maximum absolute atomic E-state index is 12.4. The first-order valence-electron chi connectivity index (χ1n) is 7.31. The summed E-state index contributed by atoms with van der Waals surface area (Å²) >= 11 is 5.96. The fraction of sp³-hybridized carbons (Fsp3) is 0.412. The van der Waals surface area contributed by atoms with E-state index in [-0.39, 0.29) is 27.8 Å². The van der Waals surface area contributed by atoms with Gasteiger partial charge in [-0.05, 0) is 12.5 Å². The van der Waals surface area contributed by atoms with Crippen molar-refractivity contribution < 1.29 is 14.3 Å². The van der Waals surface area contributed by atoms with Gasteiger partial charge in [0, 0.05) is 24.9 Å². The number of pyridine rings is 1. The molecule has 0 aliphatic carbocycles. The number of amides is 1. The minimum Gasteiger partial charge on any atom is -0.480 e. The smallest absolute Gasteiger partial charge is 0.259 e. The van der Waals surface area contributed by atoms with Crippen LogP contribution in [0.1, 0.15) is 37.6 Å². The van der Waals surface area contributed by atoms with Crippen LogP contribution in [0, 0.1) is 16.7 Å². The van der Waals surface area contributed by atoms with Crippen molar-refractivity contribution in [2.24, 2.45) is 5.41 Å². The molecule has 1 heterocycles. The highest BCUT2D eigenvalue weighted by Crippen LogP contribution is 2.25. The summed E-state index contributed by atoms with van der Waals surface area (Å²) in [4.78, 5) is 29.9. The van der Waals surface area contributed by atoms with E-state index in [1.165, 1.54) is 37.5 Å². The van der Waals surface area contributed by atoms with Crippen molar-refractivity contribution in [2.75, 3.05) is 14.2 Å². The summed E-state index contributed by atoms with van der Waals surface area (Å²) in [5.74, 6) is -0.538. The molecule has 0 N–H and O–H groups in total. The summed E-state index contributed by atoms with van der Waals surface area (Å²) in [7, 11) is 2.88. The fourth-order valence-corrected chi connectivity index (χ4v) is 2.06. The van der Waals surface area contributed by atoms with Crippen molar-refractivity contribution in [1.82, 2.24) is 9.88 Å². The molecule has 6 nitrogen and oxygen atoms in total. The molecule has 0 saturated carbocycles. The number of methoxy groups -OCH3 is 1. The molecule has 0 aromatic carbocycles. The highest BCUT2D eigenvalue weighted by atomic mass is 35.5. The Bertz CT molecular complexity index is 720. The molecule has 1 aromatic rings. The minimum atomic E-state index is -0.670. The van der Waals surface area contributed by atoms with E-state index in [9.17, 15) is 14.9 Å². The van der Waals surface area contributed by atoms with Crippen LogP contribution in [0.3, 0.4) is 0 Å². The van der Waals surface area contributed by atoms with Crippen LogP contribution in [0.2, 0.25) is 5.02 Å². The predicted molar refractivity (Wildman–Crippen MR) is 90.7 cm³/mol. The quantitative estimate of drug-likeness (QED) is 0.581.